The molecule has 0 fully saturated rings. The number of rotatable bonds is 4. The largest absolute Gasteiger partial charge is 0.392 e. The van der Waals surface area contributed by atoms with E-state index < -0.39 is 0 Å². The van der Waals surface area contributed by atoms with Gasteiger partial charge in [0, 0.05) is 11.4 Å². The average Bonchev–Trinajstić information content (AvgIpc) is 2.84. The van der Waals surface area contributed by atoms with E-state index in [1.165, 1.54) is 16.9 Å². The van der Waals surface area contributed by atoms with Crippen molar-refractivity contribution < 1.29 is 4.79 Å². The molecule has 3 nitrogen and oxygen atoms in total. The minimum absolute atomic E-state index is 0.0553. The highest BCUT2D eigenvalue weighted by molar-refractivity contribution is 7.80. The lowest BCUT2D eigenvalue weighted by molar-refractivity contribution is 0.0792. The van der Waals surface area contributed by atoms with Crippen molar-refractivity contribution in [3.63, 3.8) is 0 Å². The van der Waals surface area contributed by atoms with Crippen LogP contribution in [0.25, 0.3) is 0 Å². The van der Waals surface area contributed by atoms with Crippen LogP contribution < -0.4 is 5.73 Å². The van der Waals surface area contributed by atoms with Crippen molar-refractivity contribution in [1.29, 1.82) is 0 Å². The standard InChI is InChI=1S/C12H16N2OS2/c1-2-14(7-11(13)16)12(15)10-6-8-4-3-5-9(8)17-10/h6H,2-5,7H2,1H3,(H2,13,16). The van der Waals surface area contributed by atoms with Crippen LogP contribution in [0.15, 0.2) is 6.07 Å². The molecule has 1 aromatic heterocycles. The lowest BCUT2D eigenvalue weighted by Crippen LogP contribution is -2.37. The second kappa shape index (κ2) is 5.14. The lowest BCUT2D eigenvalue weighted by atomic mass is 10.2. The van der Waals surface area contributed by atoms with E-state index in [0.29, 0.717) is 18.1 Å². The summed E-state index contributed by atoms with van der Waals surface area (Å²) in [6.07, 6.45) is 3.45. The molecule has 0 saturated carbocycles. The molecule has 17 heavy (non-hydrogen) atoms. The normalized spacial score (nSPS) is 13.5. The van der Waals surface area contributed by atoms with E-state index in [2.05, 4.69) is 0 Å². The molecule has 2 N–H and O–H groups in total. The Kier molecular flexibility index (Phi) is 3.79. The molecule has 0 saturated heterocycles. The van der Waals surface area contributed by atoms with Crippen molar-refractivity contribution >= 4 is 34.5 Å². The molecule has 1 aromatic rings. The number of thiophene rings is 1. The summed E-state index contributed by atoms with van der Waals surface area (Å²) < 4.78 is 0. The number of aryl methyl sites for hydroxylation is 2. The molecule has 0 unspecified atom stereocenters. The highest BCUT2D eigenvalue weighted by atomic mass is 32.1. The number of carbonyl (C=O) groups excluding carboxylic acids is 1. The maximum atomic E-state index is 12.2. The smallest absolute Gasteiger partial charge is 0.264 e. The van der Waals surface area contributed by atoms with Crippen LogP contribution in [-0.2, 0) is 12.8 Å². The highest BCUT2D eigenvalue weighted by Crippen LogP contribution is 2.31. The third kappa shape index (κ3) is 2.66. The lowest BCUT2D eigenvalue weighted by Gasteiger charge is -2.19. The predicted octanol–water partition coefficient (Wildman–Crippen LogP) is 1.99. The monoisotopic (exact) mass is 268 g/mol. The van der Waals surface area contributed by atoms with E-state index in [9.17, 15) is 4.79 Å². The van der Waals surface area contributed by atoms with Crippen LogP contribution in [-0.4, -0.2) is 28.9 Å². The number of thiocarbonyl (C=S) groups is 1. The fraction of sp³-hybridized carbons (Fsp3) is 0.500. The number of hydrogen-bond acceptors (Lipinski definition) is 3. The first-order chi connectivity index (χ1) is 8.11. The van der Waals surface area contributed by atoms with Gasteiger partial charge in [0.25, 0.3) is 5.91 Å². The average molecular weight is 268 g/mol. The zero-order valence-corrected chi connectivity index (χ0v) is 11.5. The third-order valence-electron chi connectivity index (χ3n) is 2.97. The molecule has 1 amide bonds. The Morgan fingerprint density at radius 2 is 2.35 bits per heavy atom. The molecule has 0 atom stereocenters. The molecule has 0 radical (unpaired) electrons. The molecule has 0 aromatic carbocycles. The Balaban J connectivity index is 2.14. The van der Waals surface area contributed by atoms with Gasteiger partial charge in [-0.1, -0.05) is 12.2 Å². The second-order valence-corrected chi connectivity index (χ2v) is 5.86. The quantitative estimate of drug-likeness (QED) is 0.849. The summed E-state index contributed by atoms with van der Waals surface area (Å²) >= 11 is 6.49. The van der Waals surface area contributed by atoms with Gasteiger partial charge in [-0.2, -0.15) is 0 Å². The van der Waals surface area contributed by atoms with Crippen LogP contribution in [0.1, 0.15) is 33.5 Å². The molecular weight excluding hydrogens is 252 g/mol. The molecule has 0 spiro atoms. The van der Waals surface area contributed by atoms with Crippen molar-refractivity contribution in [3.05, 3.63) is 21.4 Å². The fourth-order valence-corrected chi connectivity index (χ4v) is 3.48. The van der Waals surface area contributed by atoms with E-state index >= 15 is 0 Å². The van der Waals surface area contributed by atoms with Gasteiger partial charge >= 0.3 is 0 Å². The molecule has 0 bridgehead atoms. The SMILES string of the molecule is CCN(CC(N)=S)C(=O)c1cc2c(s1)CCC2. The van der Waals surface area contributed by atoms with Gasteiger partial charge in [-0.05, 0) is 37.8 Å². The summed E-state index contributed by atoms with van der Waals surface area (Å²) in [6, 6.07) is 2.04. The topological polar surface area (TPSA) is 46.3 Å². The van der Waals surface area contributed by atoms with Gasteiger partial charge in [0.05, 0.1) is 16.4 Å². The van der Waals surface area contributed by atoms with Crippen molar-refractivity contribution in [3.8, 4) is 0 Å². The van der Waals surface area contributed by atoms with Gasteiger partial charge in [0.2, 0.25) is 0 Å². The van der Waals surface area contributed by atoms with Gasteiger partial charge in [-0.25, -0.2) is 0 Å². The zero-order valence-electron chi connectivity index (χ0n) is 9.86. The first kappa shape index (κ1) is 12.5. The van der Waals surface area contributed by atoms with Crippen molar-refractivity contribution in [1.82, 2.24) is 4.90 Å². The Labute approximate surface area is 111 Å². The highest BCUT2D eigenvalue weighted by Gasteiger charge is 2.21. The molecule has 92 valence electrons. The van der Waals surface area contributed by atoms with E-state index in [1.54, 1.807) is 16.2 Å². The molecular formula is C12H16N2OS2. The van der Waals surface area contributed by atoms with Crippen LogP contribution in [0.2, 0.25) is 0 Å². The summed E-state index contributed by atoms with van der Waals surface area (Å²) in [5, 5.41) is 0. The molecule has 5 heteroatoms. The van der Waals surface area contributed by atoms with Crippen LogP contribution in [0.4, 0.5) is 0 Å². The maximum Gasteiger partial charge on any atom is 0.264 e. The van der Waals surface area contributed by atoms with Crippen molar-refractivity contribution in [2.75, 3.05) is 13.1 Å². The van der Waals surface area contributed by atoms with E-state index in [1.807, 2.05) is 13.0 Å². The number of nitrogens with zero attached hydrogens (tertiary/aromatic N) is 1. The number of amides is 1. The predicted molar refractivity (Wildman–Crippen MR) is 74.7 cm³/mol. The van der Waals surface area contributed by atoms with Crippen LogP contribution in [0, 0.1) is 0 Å². The Morgan fingerprint density at radius 1 is 1.59 bits per heavy atom. The second-order valence-electron chi connectivity index (χ2n) is 4.20. The van der Waals surface area contributed by atoms with Crippen LogP contribution in [0.5, 0.6) is 0 Å². The Morgan fingerprint density at radius 3 is 2.94 bits per heavy atom. The first-order valence-electron chi connectivity index (χ1n) is 5.81. The van der Waals surface area contributed by atoms with Gasteiger partial charge in [0.15, 0.2) is 0 Å². The van der Waals surface area contributed by atoms with E-state index in [4.69, 9.17) is 18.0 Å². The molecule has 1 aliphatic rings. The van der Waals surface area contributed by atoms with Crippen LogP contribution in [0.3, 0.4) is 0 Å². The summed E-state index contributed by atoms with van der Waals surface area (Å²) in [4.78, 5) is 16.5. The van der Waals surface area contributed by atoms with Crippen molar-refractivity contribution in [2.45, 2.75) is 26.2 Å². The molecule has 1 heterocycles. The van der Waals surface area contributed by atoms with Gasteiger partial charge in [0.1, 0.15) is 0 Å². The summed E-state index contributed by atoms with van der Waals surface area (Å²) in [5.41, 5.74) is 6.85. The minimum Gasteiger partial charge on any atom is -0.392 e. The van der Waals surface area contributed by atoms with E-state index in [-0.39, 0.29) is 5.91 Å². The number of carbonyl (C=O) groups is 1. The number of nitrogens with two attached hydrogens (primary N) is 1. The van der Waals surface area contributed by atoms with E-state index in [0.717, 1.165) is 17.7 Å². The zero-order chi connectivity index (χ0) is 12.4. The minimum atomic E-state index is 0.0553. The molecule has 2 rings (SSSR count). The fourth-order valence-electron chi connectivity index (χ4n) is 2.11. The van der Waals surface area contributed by atoms with Crippen molar-refractivity contribution in [2.24, 2.45) is 5.73 Å². The Hall–Kier alpha value is -0.940. The number of likely N-dealkylation sites (N-methyl/N-ethyl adjacent to an activating group) is 1. The first-order valence-corrected chi connectivity index (χ1v) is 7.03. The number of fused-ring (bicyclic) bond motifs is 1. The number of hydrogen-bond donors (Lipinski definition) is 1. The maximum absolute atomic E-state index is 12.2. The summed E-state index contributed by atoms with van der Waals surface area (Å²) in [6.45, 7) is 2.95. The van der Waals surface area contributed by atoms with Crippen LogP contribution >= 0.6 is 23.6 Å². The Bertz CT molecular complexity index is 432. The van der Waals surface area contributed by atoms with Gasteiger partial charge in [-0.3, -0.25) is 4.79 Å². The van der Waals surface area contributed by atoms with Gasteiger partial charge < -0.3 is 10.6 Å². The third-order valence-corrected chi connectivity index (χ3v) is 4.33. The van der Waals surface area contributed by atoms with Gasteiger partial charge in [-0.15, -0.1) is 11.3 Å². The molecule has 1 aliphatic carbocycles. The summed E-state index contributed by atoms with van der Waals surface area (Å²) in [5.74, 6) is 0.0553. The molecule has 0 aliphatic heterocycles. The summed E-state index contributed by atoms with van der Waals surface area (Å²) in [7, 11) is 0.